The van der Waals surface area contributed by atoms with Gasteiger partial charge < -0.3 is 14.2 Å². The molecule has 0 radical (unpaired) electrons. The number of nitrogens with zero attached hydrogens (tertiary/aromatic N) is 6. The lowest BCUT2D eigenvalue weighted by Crippen LogP contribution is -2.50. The number of fused-ring (bicyclic) bond motifs is 1. The van der Waals surface area contributed by atoms with Gasteiger partial charge in [0.2, 0.25) is 5.82 Å². The Kier molecular flexibility index (Phi) is 4.74. The van der Waals surface area contributed by atoms with Crippen LogP contribution in [0.5, 0.6) is 0 Å². The molecule has 4 heterocycles. The number of benzene rings is 1. The fraction of sp³-hybridized carbons (Fsp3) is 0.350. The first-order valence-corrected chi connectivity index (χ1v) is 9.57. The molecule has 29 heavy (non-hydrogen) atoms. The zero-order valence-corrected chi connectivity index (χ0v) is 15.7. The smallest absolute Gasteiger partial charge is 0.316 e. The van der Waals surface area contributed by atoms with E-state index in [-0.39, 0.29) is 29.8 Å². The Bertz CT molecular complexity index is 980. The van der Waals surface area contributed by atoms with Crippen LogP contribution in [0.3, 0.4) is 0 Å². The van der Waals surface area contributed by atoms with E-state index < -0.39 is 0 Å². The first-order valence-electron chi connectivity index (χ1n) is 9.57. The van der Waals surface area contributed by atoms with Gasteiger partial charge in [-0.15, -0.1) is 0 Å². The summed E-state index contributed by atoms with van der Waals surface area (Å²) in [5.41, 5.74) is 1.71. The zero-order chi connectivity index (χ0) is 19.6. The van der Waals surface area contributed by atoms with Crippen molar-refractivity contribution in [2.45, 2.75) is 18.7 Å². The molecule has 9 heteroatoms. The summed E-state index contributed by atoms with van der Waals surface area (Å²) in [5.74, 6) is -0.0794. The zero-order valence-electron chi connectivity index (χ0n) is 15.7. The summed E-state index contributed by atoms with van der Waals surface area (Å²) in [7, 11) is 0. The number of amides is 1. The normalized spacial score (nSPS) is 21.9. The molecule has 0 spiro atoms. The molecule has 5 rings (SSSR count). The molecule has 148 valence electrons. The van der Waals surface area contributed by atoms with Gasteiger partial charge >= 0.3 is 11.8 Å². The van der Waals surface area contributed by atoms with Gasteiger partial charge in [0, 0.05) is 38.6 Å². The van der Waals surface area contributed by atoms with Crippen LogP contribution in [-0.4, -0.2) is 74.2 Å². The topological polar surface area (TPSA) is 97.5 Å². The van der Waals surface area contributed by atoms with Crippen molar-refractivity contribution in [2.75, 3.05) is 26.2 Å². The third-order valence-electron chi connectivity index (χ3n) is 5.33. The van der Waals surface area contributed by atoms with Crippen LogP contribution in [0.1, 0.15) is 16.2 Å². The van der Waals surface area contributed by atoms with Crippen molar-refractivity contribution < 1.29 is 14.1 Å². The molecule has 0 N–H and O–H groups in total. The lowest BCUT2D eigenvalue weighted by atomic mass is 10.1. The molecule has 0 unspecified atom stereocenters. The van der Waals surface area contributed by atoms with Crippen LogP contribution in [0.2, 0.25) is 0 Å². The quantitative estimate of drug-likeness (QED) is 0.654. The molecule has 3 aromatic rings. The molecule has 2 aromatic heterocycles. The van der Waals surface area contributed by atoms with Gasteiger partial charge in [-0.2, -0.15) is 4.98 Å². The molecule has 0 saturated carbocycles. The Morgan fingerprint density at radius 1 is 1.17 bits per heavy atom. The minimum Gasteiger partial charge on any atom is -0.373 e. The monoisotopic (exact) mass is 392 g/mol. The van der Waals surface area contributed by atoms with Crippen LogP contribution in [0.15, 0.2) is 53.4 Å². The van der Waals surface area contributed by atoms with E-state index in [2.05, 4.69) is 37.1 Å². The van der Waals surface area contributed by atoms with Crippen LogP contribution in [0.4, 0.5) is 0 Å². The Hall–Kier alpha value is -3.17. The highest BCUT2D eigenvalue weighted by molar-refractivity contribution is 5.90. The number of hydrogen-bond donors (Lipinski definition) is 0. The molecule has 1 amide bonds. The van der Waals surface area contributed by atoms with Crippen molar-refractivity contribution in [3.63, 3.8) is 0 Å². The lowest BCUT2D eigenvalue weighted by Gasteiger charge is -2.36. The van der Waals surface area contributed by atoms with Gasteiger partial charge in [0.25, 0.3) is 0 Å². The van der Waals surface area contributed by atoms with Gasteiger partial charge in [0.05, 0.1) is 24.9 Å². The molecule has 1 aromatic carbocycles. The average molecular weight is 392 g/mol. The predicted molar refractivity (Wildman–Crippen MR) is 102 cm³/mol. The number of aromatic nitrogens is 4. The highest BCUT2D eigenvalue weighted by atomic mass is 16.5. The summed E-state index contributed by atoms with van der Waals surface area (Å²) < 4.78 is 11.1. The van der Waals surface area contributed by atoms with E-state index in [4.69, 9.17) is 9.26 Å². The maximum atomic E-state index is 12.9. The van der Waals surface area contributed by atoms with Crippen molar-refractivity contribution in [3.05, 3.63) is 60.4 Å². The number of ether oxygens (including phenoxy) is 1. The number of carbonyl (C=O) groups is 1. The molecular weight excluding hydrogens is 372 g/mol. The van der Waals surface area contributed by atoms with Gasteiger partial charge in [-0.05, 0) is 5.56 Å². The van der Waals surface area contributed by atoms with Crippen molar-refractivity contribution in [1.29, 1.82) is 0 Å². The minimum atomic E-state index is -0.287. The molecule has 2 aliphatic rings. The van der Waals surface area contributed by atoms with Crippen molar-refractivity contribution in [2.24, 2.45) is 0 Å². The van der Waals surface area contributed by atoms with Gasteiger partial charge in [-0.25, -0.2) is 4.98 Å². The van der Waals surface area contributed by atoms with E-state index in [1.54, 1.807) is 11.1 Å². The second kappa shape index (κ2) is 7.69. The number of hydrogen-bond acceptors (Lipinski definition) is 8. The Labute approximate surface area is 167 Å². The van der Waals surface area contributed by atoms with E-state index in [1.807, 2.05) is 18.2 Å². The number of morpholine rings is 1. The van der Waals surface area contributed by atoms with Crippen molar-refractivity contribution in [1.82, 2.24) is 29.9 Å². The second-order valence-electron chi connectivity index (χ2n) is 7.16. The van der Waals surface area contributed by atoms with Gasteiger partial charge in [0.15, 0.2) is 0 Å². The van der Waals surface area contributed by atoms with Gasteiger partial charge in [-0.3, -0.25) is 14.7 Å². The van der Waals surface area contributed by atoms with Crippen LogP contribution >= 0.6 is 0 Å². The summed E-state index contributed by atoms with van der Waals surface area (Å²) in [4.78, 5) is 29.3. The molecule has 2 saturated heterocycles. The summed E-state index contributed by atoms with van der Waals surface area (Å²) in [6, 6.07) is 10.5. The van der Waals surface area contributed by atoms with Crippen LogP contribution in [0.25, 0.3) is 11.5 Å². The number of carbonyl (C=O) groups excluding carboxylic acids is 1. The maximum absolute atomic E-state index is 12.9. The molecule has 2 aliphatic heterocycles. The molecule has 2 fully saturated rings. The summed E-state index contributed by atoms with van der Waals surface area (Å²) in [6.45, 7) is 3.42. The van der Waals surface area contributed by atoms with Crippen LogP contribution in [-0.2, 0) is 11.3 Å². The number of likely N-dealkylation sites (tertiary alicyclic amines) is 1. The highest BCUT2D eigenvalue weighted by Crippen LogP contribution is 2.26. The van der Waals surface area contributed by atoms with E-state index in [9.17, 15) is 4.79 Å². The summed E-state index contributed by atoms with van der Waals surface area (Å²) in [5, 5.41) is 3.86. The fourth-order valence-electron chi connectivity index (χ4n) is 3.90. The van der Waals surface area contributed by atoms with E-state index in [0.29, 0.717) is 25.4 Å². The van der Waals surface area contributed by atoms with Crippen molar-refractivity contribution in [3.8, 4) is 11.5 Å². The maximum Gasteiger partial charge on any atom is 0.316 e. The van der Waals surface area contributed by atoms with E-state index in [0.717, 1.165) is 13.1 Å². The van der Waals surface area contributed by atoms with E-state index >= 15 is 0 Å². The Morgan fingerprint density at radius 2 is 2.07 bits per heavy atom. The third-order valence-corrected chi connectivity index (χ3v) is 5.33. The minimum absolute atomic E-state index is 0.0150. The van der Waals surface area contributed by atoms with Crippen LogP contribution < -0.4 is 0 Å². The third kappa shape index (κ3) is 3.62. The fourth-order valence-corrected chi connectivity index (χ4v) is 3.90. The Morgan fingerprint density at radius 3 is 2.90 bits per heavy atom. The molecule has 2 atom stereocenters. The second-order valence-corrected chi connectivity index (χ2v) is 7.16. The summed E-state index contributed by atoms with van der Waals surface area (Å²) >= 11 is 0. The molecule has 9 nitrogen and oxygen atoms in total. The first kappa shape index (κ1) is 17.9. The van der Waals surface area contributed by atoms with Crippen LogP contribution in [0, 0.1) is 0 Å². The van der Waals surface area contributed by atoms with Gasteiger partial charge in [0.1, 0.15) is 5.69 Å². The number of rotatable bonds is 4. The molecule has 0 bridgehead atoms. The Balaban J connectivity index is 1.29. The standard InChI is InChI=1S/C20H20N6O3/c27-20(19-23-18(24-29-19)15-10-21-6-7-22-15)26-12-16-17(13-26)28-9-8-25(16)11-14-4-2-1-3-5-14/h1-7,10,16-17H,8-9,11-13H2/t16-,17+/m1/s1. The average Bonchev–Trinajstić information content (AvgIpc) is 3.43. The summed E-state index contributed by atoms with van der Waals surface area (Å²) in [6.07, 6.45) is 4.61. The van der Waals surface area contributed by atoms with E-state index in [1.165, 1.54) is 18.0 Å². The van der Waals surface area contributed by atoms with Gasteiger partial charge in [-0.1, -0.05) is 35.5 Å². The highest BCUT2D eigenvalue weighted by Gasteiger charge is 2.43. The molecular formula is C20H20N6O3. The first-order chi connectivity index (χ1) is 14.3. The predicted octanol–water partition coefficient (Wildman–Crippen LogP) is 1.25. The lowest BCUT2D eigenvalue weighted by molar-refractivity contribution is -0.0503. The molecule has 0 aliphatic carbocycles. The van der Waals surface area contributed by atoms with Crippen molar-refractivity contribution >= 4 is 5.91 Å². The SMILES string of the molecule is O=C(c1nc(-c2cnccn2)no1)N1C[C@@H]2OCCN(Cc3ccccc3)[C@@H]2C1. The largest absolute Gasteiger partial charge is 0.373 e.